The van der Waals surface area contributed by atoms with Gasteiger partial charge >= 0.3 is 0 Å². The second-order valence-electron chi connectivity index (χ2n) is 7.14. The molecular formula is C24H35F. The van der Waals surface area contributed by atoms with Crippen molar-refractivity contribution < 1.29 is 4.39 Å². The van der Waals surface area contributed by atoms with Crippen molar-refractivity contribution in [2.75, 3.05) is 0 Å². The average molecular weight is 343 g/mol. The smallest absolute Gasteiger partial charge is 0.131 e. The molecule has 0 aromatic rings. The quantitative estimate of drug-likeness (QED) is 0.392. The second kappa shape index (κ2) is 10.2. The minimum absolute atomic E-state index is 0.583. The molecule has 0 atom stereocenters. The lowest BCUT2D eigenvalue weighted by atomic mass is 9.88. The summed E-state index contributed by atoms with van der Waals surface area (Å²) in [7, 11) is 0. The standard InChI is InChI=1S/C24H35F/c1-11-13-21(12-2)19(7)14-15-20(8)23(24(9,10)25)16-22(17(3)4)18(5)6/h11,13-16H,3,8,12H2,1-2,4-7,9-10H3/b13-11+,15-14+,21-19-,23-16+. The molecule has 0 amide bonds. The van der Waals surface area contributed by atoms with Gasteiger partial charge in [-0.1, -0.05) is 55.5 Å². The first kappa shape index (κ1) is 23.1. The zero-order chi connectivity index (χ0) is 19.8. The topological polar surface area (TPSA) is 0 Å². The average Bonchev–Trinajstić information content (AvgIpc) is 2.48. The largest absolute Gasteiger partial charge is 0.239 e. The van der Waals surface area contributed by atoms with Gasteiger partial charge in [0, 0.05) is 0 Å². The molecule has 0 aromatic carbocycles. The minimum Gasteiger partial charge on any atom is -0.239 e. The van der Waals surface area contributed by atoms with Gasteiger partial charge in [0.15, 0.2) is 0 Å². The summed E-state index contributed by atoms with van der Waals surface area (Å²) in [5.74, 6) is 0. The van der Waals surface area contributed by atoms with E-state index in [-0.39, 0.29) is 0 Å². The van der Waals surface area contributed by atoms with E-state index < -0.39 is 5.67 Å². The number of rotatable bonds is 8. The number of hydrogen-bond donors (Lipinski definition) is 0. The Morgan fingerprint density at radius 1 is 1.00 bits per heavy atom. The van der Waals surface area contributed by atoms with E-state index in [9.17, 15) is 4.39 Å². The lowest BCUT2D eigenvalue weighted by Crippen LogP contribution is -2.17. The molecule has 25 heavy (non-hydrogen) atoms. The van der Waals surface area contributed by atoms with Crippen LogP contribution in [0.25, 0.3) is 0 Å². The molecule has 0 heterocycles. The lowest BCUT2D eigenvalue weighted by Gasteiger charge is -2.21. The fraction of sp³-hybridized carbons (Fsp3) is 0.417. The highest BCUT2D eigenvalue weighted by atomic mass is 19.1. The highest BCUT2D eigenvalue weighted by molar-refractivity contribution is 5.52. The Labute approximate surface area is 154 Å². The summed E-state index contributed by atoms with van der Waals surface area (Å²) in [5, 5.41) is 0. The third kappa shape index (κ3) is 7.69. The zero-order valence-electron chi connectivity index (χ0n) is 17.4. The van der Waals surface area contributed by atoms with Crippen LogP contribution < -0.4 is 0 Å². The highest BCUT2D eigenvalue weighted by Gasteiger charge is 2.24. The summed E-state index contributed by atoms with van der Waals surface area (Å²) in [6.07, 6.45) is 10.9. The van der Waals surface area contributed by atoms with E-state index in [0.717, 1.165) is 23.1 Å². The highest BCUT2D eigenvalue weighted by Crippen LogP contribution is 2.31. The van der Waals surface area contributed by atoms with Gasteiger partial charge in [-0.15, -0.1) is 0 Å². The Hall–Kier alpha value is -1.89. The van der Waals surface area contributed by atoms with Crippen molar-refractivity contribution >= 4 is 0 Å². The number of alkyl halides is 1. The number of hydrogen-bond acceptors (Lipinski definition) is 0. The van der Waals surface area contributed by atoms with Crippen LogP contribution in [0.5, 0.6) is 0 Å². The molecule has 0 unspecified atom stereocenters. The molecule has 0 aromatic heterocycles. The van der Waals surface area contributed by atoms with Gasteiger partial charge in [0.2, 0.25) is 0 Å². The summed E-state index contributed by atoms with van der Waals surface area (Å²) in [6, 6.07) is 0. The van der Waals surface area contributed by atoms with E-state index in [0.29, 0.717) is 11.1 Å². The Bertz CT molecular complexity index is 649. The number of halogens is 1. The van der Waals surface area contributed by atoms with E-state index in [1.54, 1.807) is 13.8 Å². The Balaban J connectivity index is 5.98. The van der Waals surface area contributed by atoms with Crippen molar-refractivity contribution in [2.24, 2.45) is 0 Å². The first-order valence-corrected chi connectivity index (χ1v) is 8.89. The normalized spacial score (nSPS) is 14.0. The fourth-order valence-corrected chi connectivity index (χ4v) is 2.64. The van der Waals surface area contributed by atoms with Crippen molar-refractivity contribution in [1.82, 2.24) is 0 Å². The Morgan fingerprint density at radius 3 is 1.92 bits per heavy atom. The third-order valence-electron chi connectivity index (χ3n) is 4.06. The van der Waals surface area contributed by atoms with Gasteiger partial charge < -0.3 is 0 Å². The van der Waals surface area contributed by atoms with Crippen molar-refractivity contribution in [3.63, 3.8) is 0 Å². The predicted molar refractivity (Wildman–Crippen MR) is 113 cm³/mol. The van der Waals surface area contributed by atoms with Crippen LogP contribution in [0, 0.1) is 0 Å². The molecule has 0 aliphatic rings. The van der Waals surface area contributed by atoms with Crippen LogP contribution in [-0.2, 0) is 0 Å². The van der Waals surface area contributed by atoms with E-state index in [1.165, 1.54) is 11.1 Å². The molecule has 0 N–H and O–H groups in total. The van der Waals surface area contributed by atoms with E-state index in [4.69, 9.17) is 0 Å². The van der Waals surface area contributed by atoms with E-state index >= 15 is 0 Å². The molecule has 0 saturated heterocycles. The fourth-order valence-electron chi connectivity index (χ4n) is 2.64. The summed E-state index contributed by atoms with van der Waals surface area (Å²) in [5.41, 5.74) is 5.24. The van der Waals surface area contributed by atoms with Crippen LogP contribution in [0.3, 0.4) is 0 Å². The molecule has 0 nitrogen and oxygen atoms in total. The Kier molecular flexibility index (Phi) is 9.41. The predicted octanol–water partition coefficient (Wildman–Crippen LogP) is 7.99. The minimum atomic E-state index is -1.48. The first-order chi connectivity index (χ1) is 11.4. The van der Waals surface area contributed by atoms with Crippen LogP contribution in [-0.4, -0.2) is 5.67 Å². The lowest BCUT2D eigenvalue weighted by molar-refractivity contribution is 0.272. The van der Waals surface area contributed by atoms with Crippen LogP contribution in [0.2, 0.25) is 0 Å². The van der Waals surface area contributed by atoms with Crippen LogP contribution in [0.1, 0.15) is 61.8 Å². The third-order valence-corrected chi connectivity index (χ3v) is 4.06. The summed E-state index contributed by atoms with van der Waals surface area (Å²) in [6.45, 7) is 23.4. The SMILES string of the molecule is C=C(C)C(/C=C(\C(=C)/C=C/C(C)=C(\C=C\C)CC)C(C)(C)F)=C(C)C. The second-order valence-corrected chi connectivity index (χ2v) is 7.14. The van der Waals surface area contributed by atoms with Crippen molar-refractivity contribution in [3.8, 4) is 0 Å². The number of allylic oxidation sites excluding steroid dienone is 12. The monoisotopic (exact) mass is 342 g/mol. The maximum Gasteiger partial charge on any atom is 0.131 e. The molecular weight excluding hydrogens is 307 g/mol. The van der Waals surface area contributed by atoms with Crippen LogP contribution in [0.15, 0.2) is 82.5 Å². The molecule has 138 valence electrons. The van der Waals surface area contributed by atoms with E-state index in [2.05, 4.69) is 33.1 Å². The molecule has 0 spiro atoms. The van der Waals surface area contributed by atoms with Crippen molar-refractivity contribution in [2.45, 2.75) is 67.5 Å². The molecule has 0 radical (unpaired) electrons. The van der Waals surface area contributed by atoms with Gasteiger partial charge in [0.25, 0.3) is 0 Å². The molecule has 0 rings (SSSR count). The maximum absolute atomic E-state index is 14.8. The molecule has 0 fully saturated rings. The molecule has 0 bridgehead atoms. The van der Waals surface area contributed by atoms with Gasteiger partial charge in [-0.05, 0) is 88.8 Å². The Morgan fingerprint density at radius 2 is 1.56 bits per heavy atom. The maximum atomic E-state index is 14.8. The summed E-state index contributed by atoms with van der Waals surface area (Å²) >= 11 is 0. The zero-order valence-corrected chi connectivity index (χ0v) is 17.4. The van der Waals surface area contributed by atoms with Gasteiger partial charge in [-0.3, -0.25) is 0 Å². The van der Waals surface area contributed by atoms with Gasteiger partial charge in [-0.25, -0.2) is 4.39 Å². The van der Waals surface area contributed by atoms with Crippen LogP contribution >= 0.6 is 0 Å². The van der Waals surface area contributed by atoms with Crippen molar-refractivity contribution in [3.05, 3.63) is 82.5 Å². The molecule has 0 aliphatic heterocycles. The van der Waals surface area contributed by atoms with Gasteiger partial charge in [0.1, 0.15) is 5.67 Å². The van der Waals surface area contributed by atoms with Crippen LogP contribution in [0.4, 0.5) is 4.39 Å². The van der Waals surface area contributed by atoms with Gasteiger partial charge in [-0.2, -0.15) is 0 Å². The van der Waals surface area contributed by atoms with Gasteiger partial charge in [0.05, 0.1) is 0 Å². The summed E-state index contributed by atoms with van der Waals surface area (Å²) in [4.78, 5) is 0. The first-order valence-electron chi connectivity index (χ1n) is 8.89. The molecule has 0 saturated carbocycles. The molecule has 0 aliphatic carbocycles. The summed E-state index contributed by atoms with van der Waals surface area (Å²) < 4.78 is 14.8. The van der Waals surface area contributed by atoms with E-state index in [1.807, 2.05) is 52.0 Å². The van der Waals surface area contributed by atoms with Crippen molar-refractivity contribution in [1.29, 1.82) is 0 Å². The molecule has 1 heteroatoms.